The zero-order valence-electron chi connectivity index (χ0n) is 9.10. The van der Waals surface area contributed by atoms with Crippen molar-refractivity contribution in [3.05, 3.63) is 28.2 Å². The molecule has 3 rings (SSSR count). The molecule has 0 bridgehead atoms. The zero-order chi connectivity index (χ0) is 12.9. The Morgan fingerprint density at radius 2 is 1.83 bits per heavy atom. The van der Waals surface area contributed by atoms with Gasteiger partial charge in [0, 0.05) is 22.3 Å². The van der Waals surface area contributed by atoms with E-state index in [0.29, 0.717) is 22.3 Å². The minimum absolute atomic E-state index is 0.221. The van der Waals surface area contributed by atoms with E-state index in [2.05, 4.69) is 0 Å². The number of carbonyl (C=O) groups excluding carboxylic acids is 2. The first-order valence-electron chi connectivity index (χ1n) is 5.30. The number of imide groups is 1. The molecule has 1 aromatic rings. The van der Waals surface area contributed by atoms with Crippen LogP contribution in [-0.2, 0) is 4.79 Å². The van der Waals surface area contributed by atoms with E-state index >= 15 is 0 Å². The molecule has 2 saturated heterocycles. The zero-order valence-corrected chi connectivity index (χ0v) is 11.4. The van der Waals surface area contributed by atoms with Crippen molar-refractivity contribution in [1.29, 1.82) is 0 Å². The van der Waals surface area contributed by atoms with E-state index in [-0.39, 0.29) is 11.9 Å². The molecule has 0 aromatic heterocycles. The summed E-state index contributed by atoms with van der Waals surface area (Å²) in [5.41, 5.74) is 0.428. The van der Waals surface area contributed by atoms with Gasteiger partial charge in [0.1, 0.15) is 0 Å². The first kappa shape index (κ1) is 12.1. The van der Waals surface area contributed by atoms with Crippen LogP contribution in [0, 0.1) is 0 Å². The highest BCUT2D eigenvalue weighted by Crippen LogP contribution is 2.36. The maximum atomic E-state index is 12.2. The molecule has 2 aliphatic heterocycles. The topological polar surface area (TPSA) is 40.6 Å². The Morgan fingerprint density at radius 1 is 1.17 bits per heavy atom. The highest BCUT2D eigenvalue weighted by atomic mass is 35.5. The number of halogens is 2. The predicted octanol–water partition coefficient (Wildman–Crippen LogP) is 2.83. The highest BCUT2D eigenvalue weighted by molar-refractivity contribution is 8.00. The molecule has 3 amide bonds. The molecule has 0 aliphatic carbocycles. The fraction of sp³-hybridized carbons (Fsp3) is 0.273. The van der Waals surface area contributed by atoms with Gasteiger partial charge in [0.2, 0.25) is 0 Å². The number of fused-ring (bicyclic) bond motifs is 1. The van der Waals surface area contributed by atoms with E-state index < -0.39 is 5.37 Å². The van der Waals surface area contributed by atoms with Crippen molar-refractivity contribution in [3.8, 4) is 0 Å². The second-order valence-electron chi connectivity index (χ2n) is 4.00. The lowest BCUT2D eigenvalue weighted by Gasteiger charge is -2.15. The van der Waals surface area contributed by atoms with Crippen molar-refractivity contribution >= 4 is 52.6 Å². The number of anilines is 1. The molecule has 0 unspecified atom stereocenters. The minimum atomic E-state index is -0.393. The molecule has 2 aliphatic rings. The molecule has 1 atom stereocenters. The van der Waals surface area contributed by atoms with Crippen LogP contribution in [0.25, 0.3) is 0 Å². The fourth-order valence-corrected chi connectivity index (χ4v) is 3.77. The normalized spacial score (nSPS) is 22.9. The summed E-state index contributed by atoms with van der Waals surface area (Å²) in [7, 11) is 0. The number of amides is 3. The number of thioether (sulfide) groups is 1. The molecule has 0 N–H and O–H groups in total. The summed E-state index contributed by atoms with van der Waals surface area (Å²) in [6.45, 7) is 0.602. The number of benzene rings is 1. The van der Waals surface area contributed by atoms with E-state index in [1.165, 1.54) is 11.8 Å². The minimum Gasteiger partial charge on any atom is -0.302 e. The van der Waals surface area contributed by atoms with Gasteiger partial charge in [-0.05, 0) is 18.2 Å². The van der Waals surface area contributed by atoms with Crippen LogP contribution in [0.3, 0.4) is 0 Å². The van der Waals surface area contributed by atoms with Gasteiger partial charge in [0.05, 0.1) is 5.69 Å². The van der Waals surface area contributed by atoms with Crippen molar-refractivity contribution in [2.45, 2.75) is 5.37 Å². The maximum absolute atomic E-state index is 12.2. The van der Waals surface area contributed by atoms with Crippen LogP contribution in [0.2, 0.25) is 10.0 Å². The average molecular weight is 303 g/mol. The summed E-state index contributed by atoms with van der Waals surface area (Å²) < 4.78 is 0. The Morgan fingerprint density at radius 3 is 2.44 bits per heavy atom. The van der Waals surface area contributed by atoms with Crippen molar-refractivity contribution in [2.24, 2.45) is 0 Å². The number of hydrogen-bond acceptors (Lipinski definition) is 3. The van der Waals surface area contributed by atoms with Crippen LogP contribution in [0.4, 0.5) is 10.5 Å². The smallest absolute Gasteiger partial charge is 0.302 e. The van der Waals surface area contributed by atoms with Gasteiger partial charge in [0.15, 0.2) is 5.37 Å². The summed E-state index contributed by atoms with van der Waals surface area (Å²) in [5, 5.41) is 0.408. The predicted molar refractivity (Wildman–Crippen MR) is 72.3 cm³/mol. The lowest BCUT2D eigenvalue weighted by Crippen LogP contribution is -2.33. The largest absolute Gasteiger partial charge is 0.332 e. The van der Waals surface area contributed by atoms with Crippen LogP contribution in [0.5, 0.6) is 0 Å². The molecule has 0 saturated carbocycles. The van der Waals surface area contributed by atoms with Crippen molar-refractivity contribution in [1.82, 2.24) is 4.90 Å². The number of carbonyl (C=O) groups is 2. The van der Waals surface area contributed by atoms with Gasteiger partial charge in [-0.15, -0.1) is 11.8 Å². The Hall–Kier alpha value is -0.910. The van der Waals surface area contributed by atoms with Crippen molar-refractivity contribution < 1.29 is 9.59 Å². The quantitative estimate of drug-likeness (QED) is 0.749. The third-order valence-corrected chi connectivity index (χ3v) is 4.49. The summed E-state index contributed by atoms with van der Waals surface area (Å²) in [6, 6.07) is 4.40. The Balaban J connectivity index is 2.02. The molecular formula is C11H8Cl2N2O2S. The number of urea groups is 1. The number of hydrogen-bond donors (Lipinski definition) is 0. The highest BCUT2D eigenvalue weighted by Gasteiger charge is 2.48. The van der Waals surface area contributed by atoms with Crippen LogP contribution in [-0.4, -0.2) is 34.5 Å². The first-order chi connectivity index (χ1) is 8.58. The van der Waals surface area contributed by atoms with Gasteiger partial charge >= 0.3 is 6.03 Å². The van der Waals surface area contributed by atoms with Crippen LogP contribution >= 0.6 is 35.0 Å². The third kappa shape index (κ3) is 1.77. The number of rotatable bonds is 1. The van der Waals surface area contributed by atoms with E-state index in [4.69, 9.17) is 23.2 Å². The molecule has 2 heterocycles. The molecule has 1 aromatic carbocycles. The van der Waals surface area contributed by atoms with Crippen molar-refractivity contribution in [3.63, 3.8) is 0 Å². The lowest BCUT2D eigenvalue weighted by atomic mass is 10.3. The second kappa shape index (κ2) is 4.33. The summed E-state index contributed by atoms with van der Waals surface area (Å²) in [5.74, 6) is 0.576. The third-order valence-electron chi connectivity index (χ3n) is 2.87. The lowest BCUT2D eigenvalue weighted by molar-refractivity contribution is -0.117. The van der Waals surface area contributed by atoms with Crippen molar-refractivity contribution in [2.75, 3.05) is 17.2 Å². The molecular weight excluding hydrogens is 295 g/mol. The molecule has 2 fully saturated rings. The SMILES string of the molecule is O=C1[C@H]2SCCN2C(=O)N1c1cc(Cl)cc(Cl)c1. The molecule has 7 heteroatoms. The molecule has 0 spiro atoms. The van der Waals surface area contributed by atoms with Gasteiger partial charge < -0.3 is 4.90 Å². The Bertz CT molecular complexity index is 510. The summed E-state index contributed by atoms with van der Waals surface area (Å²) in [4.78, 5) is 27.0. The van der Waals surface area contributed by atoms with Gasteiger partial charge in [0.25, 0.3) is 5.91 Å². The Kier molecular flexibility index (Phi) is 2.92. The Labute approximate surface area is 118 Å². The van der Waals surface area contributed by atoms with E-state index in [0.717, 1.165) is 10.7 Å². The summed E-state index contributed by atoms with van der Waals surface area (Å²) >= 11 is 13.3. The maximum Gasteiger partial charge on any atom is 0.332 e. The standard InChI is InChI=1S/C11H8Cl2N2O2S/c12-6-3-7(13)5-8(4-6)15-9(16)10-14(11(15)17)1-2-18-10/h3-5,10H,1-2H2/t10-/m1/s1. The monoisotopic (exact) mass is 302 g/mol. The van der Waals surface area contributed by atoms with E-state index in [1.807, 2.05) is 0 Å². The first-order valence-corrected chi connectivity index (χ1v) is 7.10. The van der Waals surface area contributed by atoms with Crippen LogP contribution in [0.1, 0.15) is 0 Å². The van der Waals surface area contributed by atoms with Crippen LogP contribution in [0.15, 0.2) is 18.2 Å². The fourth-order valence-electron chi connectivity index (χ4n) is 2.11. The summed E-state index contributed by atoms with van der Waals surface area (Å²) in [6.07, 6.45) is 0. The molecule has 0 radical (unpaired) electrons. The van der Waals surface area contributed by atoms with Crippen LogP contribution < -0.4 is 4.90 Å². The van der Waals surface area contributed by atoms with E-state index in [9.17, 15) is 9.59 Å². The van der Waals surface area contributed by atoms with Gasteiger partial charge in [-0.3, -0.25) is 4.79 Å². The van der Waals surface area contributed by atoms with E-state index in [1.54, 1.807) is 23.1 Å². The van der Waals surface area contributed by atoms with Gasteiger partial charge in [-0.2, -0.15) is 0 Å². The molecule has 94 valence electrons. The number of nitrogens with zero attached hydrogens (tertiary/aromatic N) is 2. The van der Waals surface area contributed by atoms with Gasteiger partial charge in [-0.1, -0.05) is 23.2 Å². The average Bonchev–Trinajstić information content (AvgIpc) is 2.83. The molecule has 18 heavy (non-hydrogen) atoms. The molecule has 4 nitrogen and oxygen atoms in total. The second-order valence-corrected chi connectivity index (χ2v) is 6.06. The van der Waals surface area contributed by atoms with Gasteiger partial charge in [-0.25, -0.2) is 9.69 Å².